The van der Waals surface area contributed by atoms with Crippen LogP contribution in [0.1, 0.15) is 35.5 Å². The Balaban J connectivity index is 1.53. The molecule has 3 rings (SSSR count). The second-order valence-electron chi connectivity index (χ2n) is 8.58. The van der Waals surface area contributed by atoms with Crippen molar-refractivity contribution in [3.05, 3.63) is 76.5 Å². The molecule has 0 saturated heterocycles. The summed E-state index contributed by atoms with van der Waals surface area (Å²) in [7, 11) is 1.55. The second-order valence-corrected chi connectivity index (χ2v) is 9.44. The quantitative estimate of drug-likeness (QED) is 0.406. The summed E-state index contributed by atoms with van der Waals surface area (Å²) in [5.41, 5.74) is 1.76. The molecule has 10 heteroatoms. The number of hydrogen-bond acceptors (Lipinski definition) is 6. The molecule has 0 unspecified atom stereocenters. The molecular formula is C26H29FN4O4S. The van der Waals surface area contributed by atoms with Gasteiger partial charge in [-0.05, 0) is 47.9 Å². The van der Waals surface area contributed by atoms with Gasteiger partial charge in [-0.3, -0.25) is 14.4 Å². The Hall–Kier alpha value is -3.79. The van der Waals surface area contributed by atoms with Crippen molar-refractivity contribution in [2.45, 2.75) is 26.8 Å². The average molecular weight is 513 g/mol. The van der Waals surface area contributed by atoms with E-state index in [1.54, 1.807) is 48.9 Å². The van der Waals surface area contributed by atoms with Crippen LogP contribution in [0.2, 0.25) is 0 Å². The summed E-state index contributed by atoms with van der Waals surface area (Å²) in [6, 6.07) is 12.6. The zero-order valence-corrected chi connectivity index (χ0v) is 21.2. The van der Waals surface area contributed by atoms with Gasteiger partial charge >= 0.3 is 0 Å². The summed E-state index contributed by atoms with van der Waals surface area (Å²) in [6.07, 6.45) is 0.0446. The molecule has 8 nitrogen and oxygen atoms in total. The van der Waals surface area contributed by atoms with Gasteiger partial charge in [0.2, 0.25) is 11.8 Å². The molecule has 36 heavy (non-hydrogen) atoms. The molecular weight excluding hydrogens is 483 g/mol. The number of thiazole rings is 1. The molecule has 1 aromatic heterocycles. The number of nitrogens with one attached hydrogen (secondary N) is 2. The Kier molecular flexibility index (Phi) is 9.52. The van der Waals surface area contributed by atoms with Crippen LogP contribution in [0, 0.1) is 11.7 Å². The van der Waals surface area contributed by atoms with Crippen molar-refractivity contribution in [2.75, 3.05) is 25.5 Å². The third-order valence-electron chi connectivity index (χ3n) is 5.09. The van der Waals surface area contributed by atoms with Gasteiger partial charge in [-0.15, -0.1) is 11.3 Å². The van der Waals surface area contributed by atoms with Gasteiger partial charge in [-0.2, -0.15) is 0 Å². The van der Waals surface area contributed by atoms with Crippen molar-refractivity contribution in [2.24, 2.45) is 5.92 Å². The topological polar surface area (TPSA) is 101 Å². The van der Waals surface area contributed by atoms with Crippen LogP contribution in [0.3, 0.4) is 0 Å². The van der Waals surface area contributed by atoms with Crippen molar-refractivity contribution in [3.8, 4) is 5.75 Å². The second kappa shape index (κ2) is 12.8. The highest BCUT2D eigenvalue weighted by Crippen LogP contribution is 2.17. The van der Waals surface area contributed by atoms with E-state index in [2.05, 4.69) is 15.6 Å². The number of methoxy groups -OCH3 is 1. The number of ether oxygens (including phenoxy) is 1. The van der Waals surface area contributed by atoms with Crippen LogP contribution >= 0.6 is 11.3 Å². The van der Waals surface area contributed by atoms with Gasteiger partial charge in [-0.1, -0.05) is 26.0 Å². The van der Waals surface area contributed by atoms with E-state index >= 15 is 0 Å². The van der Waals surface area contributed by atoms with Crippen molar-refractivity contribution in [3.63, 3.8) is 0 Å². The van der Waals surface area contributed by atoms with Crippen LogP contribution in [0.4, 0.5) is 9.52 Å². The predicted molar refractivity (Wildman–Crippen MR) is 136 cm³/mol. The molecule has 190 valence electrons. The monoisotopic (exact) mass is 512 g/mol. The molecule has 0 saturated carbocycles. The predicted octanol–water partition coefficient (Wildman–Crippen LogP) is 3.89. The fourth-order valence-electron chi connectivity index (χ4n) is 3.38. The summed E-state index contributed by atoms with van der Waals surface area (Å²) >= 11 is 1.20. The van der Waals surface area contributed by atoms with Crippen LogP contribution in [-0.2, 0) is 22.6 Å². The van der Waals surface area contributed by atoms with E-state index in [9.17, 15) is 18.8 Å². The van der Waals surface area contributed by atoms with Crippen LogP contribution in [0.25, 0.3) is 0 Å². The van der Waals surface area contributed by atoms with E-state index in [0.29, 0.717) is 28.7 Å². The molecule has 0 spiro atoms. The standard InChI is InChI=1S/C26H29FN4O4S/c1-17(2)14-31(25(34)19-6-10-22(35-3)11-7-19)15-24(33)30-26-29-21(16-36-26)12-23(32)28-13-18-4-8-20(27)9-5-18/h4-11,16-17H,12-15H2,1-3H3,(H,28,32)(H,29,30,33). The van der Waals surface area contributed by atoms with E-state index < -0.39 is 0 Å². The van der Waals surface area contributed by atoms with Crippen LogP contribution < -0.4 is 15.4 Å². The average Bonchev–Trinajstić information content (AvgIpc) is 3.28. The van der Waals surface area contributed by atoms with Gasteiger partial charge in [0.15, 0.2) is 5.13 Å². The molecule has 0 fully saturated rings. The molecule has 0 aliphatic heterocycles. The summed E-state index contributed by atoms with van der Waals surface area (Å²) in [5.74, 6) is -0.392. The first-order valence-corrected chi connectivity index (χ1v) is 12.3. The Morgan fingerprint density at radius 1 is 1.06 bits per heavy atom. The lowest BCUT2D eigenvalue weighted by Gasteiger charge is -2.24. The molecule has 0 atom stereocenters. The van der Waals surface area contributed by atoms with Gasteiger partial charge in [0, 0.05) is 24.0 Å². The lowest BCUT2D eigenvalue weighted by Crippen LogP contribution is -2.40. The number of aromatic nitrogens is 1. The van der Waals surface area contributed by atoms with Gasteiger partial charge in [0.05, 0.1) is 19.2 Å². The Bertz CT molecular complexity index is 1180. The van der Waals surface area contributed by atoms with Crippen LogP contribution in [0.15, 0.2) is 53.9 Å². The van der Waals surface area contributed by atoms with E-state index in [1.165, 1.54) is 28.4 Å². The SMILES string of the molecule is COc1ccc(C(=O)N(CC(=O)Nc2nc(CC(=O)NCc3ccc(F)cc3)cs2)CC(C)C)cc1. The molecule has 3 amide bonds. The fraction of sp³-hybridized carbons (Fsp3) is 0.308. The fourth-order valence-corrected chi connectivity index (χ4v) is 4.11. The number of anilines is 1. The summed E-state index contributed by atoms with van der Waals surface area (Å²) in [5, 5.41) is 7.52. The van der Waals surface area contributed by atoms with Crippen molar-refractivity contribution < 1.29 is 23.5 Å². The van der Waals surface area contributed by atoms with Crippen molar-refractivity contribution in [1.82, 2.24) is 15.2 Å². The maximum atomic E-state index is 13.0. The molecule has 0 aliphatic rings. The maximum absolute atomic E-state index is 13.0. The third-order valence-corrected chi connectivity index (χ3v) is 5.89. The first-order valence-electron chi connectivity index (χ1n) is 11.4. The highest BCUT2D eigenvalue weighted by atomic mass is 32.1. The maximum Gasteiger partial charge on any atom is 0.254 e. The van der Waals surface area contributed by atoms with Crippen LogP contribution in [-0.4, -0.2) is 47.8 Å². The van der Waals surface area contributed by atoms with Gasteiger partial charge in [0.25, 0.3) is 5.91 Å². The molecule has 0 aliphatic carbocycles. The van der Waals surface area contributed by atoms with E-state index in [1.807, 2.05) is 13.8 Å². The minimum Gasteiger partial charge on any atom is -0.497 e. The lowest BCUT2D eigenvalue weighted by molar-refractivity contribution is -0.120. The number of amides is 3. The number of nitrogens with zero attached hydrogens (tertiary/aromatic N) is 2. The van der Waals surface area contributed by atoms with Crippen LogP contribution in [0.5, 0.6) is 5.75 Å². The molecule has 2 N–H and O–H groups in total. The lowest BCUT2D eigenvalue weighted by atomic mass is 10.1. The Morgan fingerprint density at radius 2 is 1.75 bits per heavy atom. The molecule has 1 heterocycles. The summed E-state index contributed by atoms with van der Waals surface area (Å²) in [4.78, 5) is 43.7. The number of benzene rings is 2. The zero-order valence-electron chi connectivity index (χ0n) is 20.4. The first-order chi connectivity index (χ1) is 17.2. The van der Waals surface area contributed by atoms with Gasteiger partial charge in [-0.25, -0.2) is 9.37 Å². The minimum atomic E-state index is -0.376. The number of hydrogen-bond donors (Lipinski definition) is 2. The molecule has 2 aromatic carbocycles. The highest BCUT2D eigenvalue weighted by molar-refractivity contribution is 7.13. The summed E-state index contributed by atoms with van der Waals surface area (Å²) < 4.78 is 18.1. The first kappa shape index (κ1) is 26.8. The molecule has 3 aromatic rings. The van der Waals surface area contributed by atoms with E-state index in [4.69, 9.17) is 4.74 Å². The summed E-state index contributed by atoms with van der Waals surface area (Å²) in [6.45, 7) is 4.51. The van der Waals surface area contributed by atoms with E-state index in [-0.39, 0.29) is 49.0 Å². The van der Waals surface area contributed by atoms with E-state index in [0.717, 1.165) is 5.56 Å². The number of carbonyl (C=O) groups is 3. The van der Waals surface area contributed by atoms with Gasteiger partial charge < -0.3 is 20.3 Å². The normalized spacial score (nSPS) is 10.7. The highest BCUT2D eigenvalue weighted by Gasteiger charge is 2.21. The largest absolute Gasteiger partial charge is 0.497 e. The number of halogens is 1. The third kappa shape index (κ3) is 8.16. The molecule has 0 bridgehead atoms. The zero-order chi connectivity index (χ0) is 26.1. The minimum absolute atomic E-state index is 0.0446. The number of rotatable bonds is 11. The Labute approximate surface area is 213 Å². The smallest absolute Gasteiger partial charge is 0.254 e. The number of carbonyl (C=O) groups excluding carboxylic acids is 3. The Morgan fingerprint density at radius 3 is 2.39 bits per heavy atom. The van der Waals surface area contributed by atoms with Crippen molar-refractivity contribution >= 4 is 34.2 Å². The van der Waals surface area contributed by atoms with Gasteiger partial charge in [0.1, 0.15) is 18.1 Å². The molecule has 0 radical (unpaired) electrons. The van der Waals surface area contributed by atoms with Crippen molar-refractivity contribution in [1.29, 1.82) is 0 Å².